The minimum atomic E-state index is -0.0894. The summed E-state index contributed by atoms with van der Waals surface area (Å²) in [5, 5.41) is 7.17. The van der Waals surface area contributed by atoms with E-state index in [0.717, 1.165) is 30.2 Å². The van der Waals surface area contributed by atoms with Gasteiger partial charge >= 0.3 is 0 Å². The molecular formula is C14H18N4O. The number of rotatable bonds is 5. The number of carbonyl (C=O) groups excluding carboxylic acids is 1. The van der Waals surface area contributed by atoms with E-state index in [1.54, 1.807) is 4.68 Å². The molecule has 0 radical (unpaired) electrons. The third-order valence-corrected chi connectivity index (χ3v) is 2.78. The summed E-state index contributed by atoms with van der Waals surface area (Å²) >= 11 is 0. The fourth-order valence-corrected chi connectivity index (χ4v) is 1.82. The van der Waals surface area contributed by atoms with Gasteiger partial charge in [-0.15, -0.1) is 0 Å². The Morgan fingerprint density at radius 2 is 1.95 bits per heavy atom. The van der Waals surface area contributed by atoms with Crippen LogP contribution in [0.2, 0.25) is 0 Å². The Morgan fingerprint density at radius 3 is 2.58 bits per heavy atom. The van der Waals surface area contributed by atoms with Crippen LogP contribution < -0.4 is 5.32 Å². The van der Waals surface area contributed by atoms with Gasteiger partial charge in [-0.1, -0.05) is 32.0 Å². The third kappa shape index (κ3) is 3.40. The van der Waals surface area contributed by atoms with Crippen LogP contribution in [-0.4, -0.2) is 20.7 Å². The van der Waals surface area contributed by atoms with Crippen molar-refractivity contribution < 1.29 is 4.79 Å². The SMILES string of the molecule is CCc1nc(CC)n(CC(=O)Nc2ccccc2)n1. The van der Waals surface area contributed by atoms with Gasteiger partial charge in [0.15, 0.2) is 5.82 Å². The molecule has 1 aromatic carbocycles. The van der Waals surface area contributed by atoms with Crippen molar-refractivity contribution in [3.8, 4) is 0 Å². The van der Waals surface area contributed by atoms with Crippen molar-refractivity contribution in [2.75, 3.05) is 5.32 Å². The highest BCUT2D eigenvalue weighted by Crippen LogP contribution is 2.06. The van der Waals surface area contributed by atoms with Gasteiger partial charge in [-0.3, -0.25) is 4.79 Å². The largest absolute Gasteiger partial charge is 0.324 e. The van der Waals surface area contributed by atoms with Crippen molar-refractivity contribution in [3.05, 3.63) is 42.0 Å². The highest BCUT2D eigenvalue weighted by Gasteiger charge is 2.10. The number of benzene rings is 1. The smallest absolute Gasteiger partial charge is 0.246 e. The molecule has 0 spiro atoms. The topological polar surface area (TPSA) is 59.8 Å². The fourth-order valence-electron chi connectivity index (χ4n) is 1.82. The number of anilines is 1. The summed E-state index contributed by atoms with van der Waals surface area (Å²) < 4.78 is 1.68. The molecule has 2 aromatic rings. The minimum absolute atomic E-state index is 0.0894. The molecule has 0 fully saturated rings. The van der Waals surface area contributed by atoms with E-state index >= 15 is 0 Å². The summed E-state index contributed by atoms with van der Waals surface area (Å²) in [6.45, 7) is 4.21. The normalized spacial score (nSPS) is 10.4. The highest BCUT2D eigenvalue weighted by atomic mass is 16.2. The Hall–Kier alpha value is -2.17. The predicted molar refractivity (Wildman–Crippen MR) is 73.8 cm³/mol. The summed E-state index contributed by atoms with van der Waals surface area (Å²) in [7, 11) is 0. The Labute approximate surface area is 112 Å². The molecule has 0 aliphatic heterocycles. The van der Waals surface area contributed by atoms with Crippen molar-refractivity contribution in [2.24, 2.45) is 0 Å². The molecule has 2 rings (SSSR count). The molecule has 5 nitrogen and oxygen atoms in total. The molecule has 0 saturated carbocycles. The summed E-state index contributed by atoms with van der Waals surface area (Å²) in [6, 6.07) is 9.40. The van der Waals surface area contributed by atoms with Crippen LogP contribution in [-0.2, 0) is 24.2 Å². The number of aryl methyl sites for hydroxylation is 2. The standard InChI is InChI=1S/C14H18N4O/c1-3-12-16-13(4-2)18(17-12)10-14(19)15-11-8-6-5-7-9-11/h5-9H,3-4,10H2,1-2H3,(H,15,19). The number of nitrogens with one attached hydrogen (secondary N) is 1. The maximum Gasteiger partial charge on any atom is 0.246 e. The molecule has 0 atom stereocenters. The van der Waals surface area contributed by atoms with E-state index in [1.165, 1.54) is 0 Å². The van der Waals surface area contributed by atoms with Gasteiger partial charge in [-0.25, -0.2) is 9.67 Å². The molecule has 19 heavy (non-hydrogen) atoms. The van der Waals surface area contributed by atoms with Crippen LogP contribution in [0.4, 0.5) is 5.69 Å². The monoisotopic (exact) mass is 258 g/mol. The van der Waals surface area contributed by atoms with E-state index in [-0.39, 0.29) is 12.5 Å². The second-order valence-electron chi connectivity index (χ2n) is 4.22. The lowest BCUT2D eigenvalue weighted by molar-refractivity contribution is -0.116. The van der Waals surface area contributed by atoms with Crippen LogP contribution in [0.15, 0.2) is 30.3 Å². The highest BCUT2D eigenvalue weighted by molar-refractivity contribution is 5.90. The molecule has 0 saturated heterocycles. The van der Waals surface area contributed by atoms with Gasteiger partial charge in [0, 0.05) is 18.5 Å². The number of hydrogen-bond acceptors (Lipinski definition) is 3. The van der Waals surface area contributed by atoms with Gasteiger partial charge < -0.3 is 5.32 Å². The fraction of sp³-hybridized carbons (Fsp3) is 0.357. The summed E-state index contributed by atoms with van der Waals surface area (Å²) in [4.78, 5) is 16.3. The molecule has 100 valence electrons. The van der Waals surface area contributed by atoms with Gasteiger partial charge in [0.1, 0.15) is 12.4 Å². The average Bonchev–Trinajstić information content (AvgIpc) is 2.82. The Bertz CT molecular complexity index is 548. The molecule has 1 aromatic heterocycles. The summed E-state index contributed by atoms with van der Waals surface area (Å²) in [5.74, 6) is 1.54. The number of nitrogens with zero attached hydrogens (tertiary/aromatic N) is 3. The number of amides is 1. The van der Waals surface area contributed by atoms with Gasteiger partial charge in [0.2, 0.25) is 5.91 Å². The lowest BCUT2D eigenvalue weighted by Crippen LogP contribution is -2.21. The van der Waals surface area contributed by atoms with Crippen molar-refractivity contribution in [3.63, 3.8) is 0 Å². The van der Waals surface area contributed by atoms with E-state index in [2.05, 4.69) is 15.4 Å². The maximum atomic E-state index is 11.9. The van der Waals surface area contributed by atoms with Crippen molar-refractivity contribution in [2.45, 2.75) is 33.2 Å². The van der Waals surface area contributed by atoms with Crippen molar-refractivity contribution in [1.82, 2.24) is 14.8 Å². The van der Waals surface area contributed by atoms with E-state index in [0.29, 0.717) is 0 Å². The van der Waals surface area contributed by atoms with Crippen LogP contribution in [0.1, 0.15) is 25.5 Å². The molecule has 1 N–H and O–H groups in total. The number of aromatic nitrogens is 3. The van der Waals surface area contributed by atoms with Gasteiger partial charge in [-0.05, 0) is 12.1 Å². The molecule has 0 aliphatic carbocycles. The second-order valence-corrected chi connectivity index (χ2v) is 4.22. The van der Waals surface area contributed by atoms with Gasteiger partial charge in [-0.2, -0.15) is 5.10 Å². The second kappa shape index (κ2) is 6.13. The first-order valence-corrected chi connectivity index (χ1v) is 6.50. The van der Waals surface area contributed by atoms with Gasteiger partial charge in [0.05, 0.1) is 0 Å². The molecular weight excluding hydrogens is 240 g/mol. The van der Waals surface area contributed by atoms with Crippen LogP contribution >= 0.6 is 0 Å². The summed E-state index contributed by atoms with van der Waals surface area (Å²) in [6.07, 6.45) is 1.55. The third-order valence-electron chi connectivity index (χ3n) is 2.78. The number of carbonyl (C=O) groups is 1. The zero-order valence-corrected chi connectivity index (χ0v) is 11.3. The first-order chi connectivity index (χ1) is 9.22. The Morgan fingerprint density at radius 1 is 1.21 bits per heavy atom. The minimum Gasteiger partial charge on any atom is -0.324 e. The van der Waals surface area contributed by atoms with Gasteiger partial charge in [0.25, 0.3) is 0 Å². The first kappa shape index (κ1) is 13.3. The van der Waals surface area contributed by atoms with Crippen LogP contribution in [0.25, 0.3) is 0 Å². The lowest BCUT2D eigenvalue weighted by atomic mass is 10.3. The first-order valence-electron chi connectivity index (χ1n) is 6.50. The summed E-state index contributed by atoms with van der Waals surface area (Å²) in [5.41, 5.74) is 0.793. The zero-order valence-electron chi connectivity index (χ0n) is 11.3. The van der Waals surface area contributed by atoms with E-state index in [9.17, 15) is 4.79 Å². The quantitative estimate of drug-likeness (QED) is 0.892. The number of para-hydroxylation sites is 1. The molecule has 0 bridgehead atoms. The predicted octanol–water partition coefficient (Wildman–Crippen LogP) is 2.04. The lowest BCUT2D eigenvalue weighted by Gasteiger charge is -2.06. The maximum absolute atomic E-state index is 11.9. The van der Waals surface area contributed by atoms with Crippen LogP contribution in [0.5, 0.6) is 0 Å². The number of hydrogen-bond donors (Lipinski definition) is 1. The van der Waals surface area contributed by atoms with E-state index in [1.807, 2.05) is 44.2 Å². The Kier molecular flexibility index (Phi) is 4.28. The molecule has 1 heterocycles. The van der Waals surface area contributed by atoms with Crippen molar-refractivity contribution in [1.29, 1.82) is 0 Å². The van der Waals surface area contributed by atoms with Crippen molar-refractivity contribution >= 4 is 11.6 Å². The zero-order chi connectivity index (χ0) is 13.7. The average molecular weight is 258 g/mol. The molecule has 0 aliphatic rings. The van der Waals surface area contributed by atoms with Crippen LogP contribution in [0, 0.1) is 0 Å². The Balaban J connectivity index is 2.04. The molecule has 1 amide bonds. The van der Waals surface area contributed by atoms with E-state index in [4.69, 9.17) is 0 Å². The molecule has 5 heteroatoms. The van der Waals surface area contributed by atoms with Crippen LogP contribution in [0.3, 0.4) is 0 Å². The van der Waals surface area contributed by atoms with E-state index < -0.39 is 0 Å². The molecule has 0 unspecified atom stereocenters.